The number of phenolic OH excluding ortho intramolecular Hbond substituents is 1. The number of benzene rings is 2. The average molecular weight is 272 g/mol. The molecule has 0 saturated carbocycles. The van der Waals surface area contributed by atoms with E-state index < -0.39 is 0 Å². The lowest BCUT2D eigenvalue weighted by atomic mass is 10.1. The third-order valence-electron chi connectivity index (χ3n) is 2.85. The van der Waals surface area contributed by atoms with Gasteiger partial charge in [0.2, 0.25) is 0 Å². The van der Waals surface area contributed by atoms with Crippen molar-refractivity contribution in [1.82, 2.24) is 4.98 Å². The average Bonchev–Trinajstić information content (AvgIpc) is 2.84. The highest BCUT2D eigenvalue weighted by atomic mass is 35.5. The summed E-state index contributed by atoms with van der Waals surface area (Å²) in [6, 6.07) is 15.4. The molecule has 0 unspecified atom stereocenters. The number of rotatable bonds is 1. The number of halogens is 1. The van der Waals surface area contributed by atoms with Crippen molar-refractivity contribution < 1.29 is 9.52 Å². The minimum Gasteiger partial charge on any atom is -0.507 e. The van der Waals surface area contributed by atoms with Gasteiger partial charge in [0.25, 0.3) is 5.35 Å². The molecule has 0 radical (unpaired) electrons. The van der Waals surface area contributed by atoms with Crippen LogP contribution in [0.15, 0.2) is 59.2 Å². The fraction of sp³-hybridized carbons (Fsp3) is 0. The predicted molar refractivity (Wildman–Crippen MR) is 72.7 cm³/mol. The van der Waals surface area contributed by atoms with Gasteiger partial charge >= 0.3 is 0 Å². The summed E-state index contributed by atoms with van der Waals surface area (Å²) in [4.78, 5) is 3.98. The van der Waals surface area contributed by atoms with E-state index in [9.17, 15) is 0 Å². The summed E-state index contributed by atoms with van der Waals surface area (Å²) in [5.74, 6) is 0.442. The maximum atomic E-state index is 8.69. The smallest absolute Gasteiger partial charge is 0.292 e. The number of phenols is 1. The number of nitrogens with zero attached hydrogens (tertiary/aromatic N) is 1. The normalized spacial score (nSPS) is 10.6. The molecule has 4 heteroatoms. The van der Waals surface area contributed by atoms with Crippen LogP contribution in [0.25, 0.3) is 11.3 Å². The van der Waals surface area contributed by atoms with Crippen molar-refractivity contribution in [3.05, 3.63) is 70.6 Å². The zero-order valence-electron chi connectivity index (χ0n) is 9.88. The Hall–Kier alpha value is -2.26. The molecule has 0 saturated heterocycles. The zero-order valence-corrected chi connectivity index (χ0v) is 10.6. The molecule has 0 fully saturated rings. The summed E-state index contributed by atoms with van der Waals surface area (Å²) < 4.78 is 4.87. The summed E-state index contributed by atoms with van der Waals surface area (Å²) >= 11 is 5.53. The Bertz CT molecular complexity index is 797. The molecule has 0 amide bonds. The molecule has 1 N–H and O–H groups in total. The topological polar surface area (TPSA) is 46.3 Å². The quantitative estimate of drug-likeness (QED) is 0.569. The zero-order chi connectivity index (χ0) is 13.2. The first-order valence-corrected chi connectivity index (χ1v) is 6.11. The molecule has 94 valence electrons. The second kappa shape index (κ2) is 4.78. The number of hydrogen-bond acceptors (Lipinski definition) is 3. The Balaban J connectivity index is 0.000000132. The van der Waals surface area contributed by atoms with Crippen LogP contribution in [0.1, 0.15) is 0 Å². The van der Waals surface area contributed by atoms with E-state index in [1.165, 1.54) is 11.5 Å². The largest absolute Gasteiger partial charge is 0.507 e. The summed E-state index contributed by atoms with van der Waals surface area (Å²) in [7, 11) is 0. The standard InChI is InChI=1S/C9H6ClNO.C6H4O/c10-9-11-8(6-12-9)7-4-2-1-3-5-7;7-6-3-4-1-2-5(4)6/h1-6H;1-3,7H. The van der Waals surface area contributed by atoms with Crippen LogP contribution in [-0.4, -0.2) is 10.1 Å². The van der Waals surface area contributed by atoms with Crippen molar-refractivity contribution >= 4 is 11.6 Å². The van der Waals surface area contributed by atoms with Crippen LogP contribution in [0.4, 0.5) is 0 Å². The number of aromatic nitrogens is 1. The van der Waals surface area contributed by atoms with E-state index in [1.54, 1.807) is 6.07 Å². The molecule has 0 aliphatic heterocycles. The molecule has 3 nitrogen and oxygen atoms in total. The molecule has 4 rings (SSSR count). The van der Waals surface area contributed by atoms with Gasteiger partial charge in [-0.2, -0.15) is 4.98 Å². The molecule has 0 atom stereocenters. The van der Waals surface area contributed by atoms with Crippen LogP contribution >= 0.6 is 11.6 Å². The molecule has 2 aliphatic carbocycles. The molecule has 1 heterocycles. The third-order valence-corrected chi connectivity index (χ3v) is 3.03. The number of hydrogen-bond donors (Lipinski definition) is 1. The lowest BCUT2D eigenvalue weighted by Gasteiger charge is -2.02. The maximum Gasteiger partial charge on any atom is 0.292 e. The Labute approximate surface area is 114 Å². The van der Waals surface area contributed by atoms with E-state index in [0.717, 1.165) is 16.5 Å². The van der Waals surface area contributed by atoms with Gasteiger partial charge in [-0.25, -0.2) is 0 Å². The van der Waals surface area contributed by atoms with E-state index in [2.05, 4.69) is 4.98 Å². The van der Waals surface area contributed by atoms with Gasteiger partial charge in [-0.1, -0.05) is 42.5 Å². The fourth-order valence-corrected chi connectivity index (χ4v) is 1.90. The van der Waals surface area contributed by atoms with E-state index in [4.69, 9.17) is 21.1 Å². The van der Waals surface area contributed by atoms with Gasteiger partial charge in [0, 0.05) is 10.8 Å². The lowest BCUT2D eigenvalue weighted by Crippen LogP contribution is -1.83. The summed E-state index contributed by atoms with van der Waals surface area (Å²) in [5, 5.41) is 11.1. The Morgan fingerprint density at radius 2 is 1.84 bits per heavy atom. The fourth-order valence-electron chi connectivity index (χ4n) is 1.76. The van der Waals surface area contributed by atoms with Crippen LogP contribution < -0.4 is 0 Å². The lowest BCUT2D eigenvalue weighted by molar-refractivity contribution is 0.465. The van der Waals surface area contributed by atoms with Crippen molar-refractivity contribution in [2.75, 3.05) is 0 Å². The minimum absolute atomic E-state index is 0.175. The van der Waals surface area contributed by atoms with Gasteiger partial charge < -0.3 is 9.52 Å². The molecular formula is C15H10ClNO2. The maximum absolute atomic E-state index is 8.69. The first-order chi connectivity index (χ1) is 9.24. The van der Waals surface area contributed by atoms with Gasteiger partial charge in [0.15, 0.2) is 0 Å². The molecular weight excluding hydrogens is 262 g/mol. The van der Waals surface area contributed by atoms with E-state index in [0.29, 0.717) is 5.75 Å². The first-order valence-electron chi connectivity index (χ1n) is 5.74. The predicted octanol–water partition coefficient (Wildman–Crippen LogP) is 3.99. The molecule has 0 spiro atoms. The highest BCUT2D eigenvalue weighted by Gasteiger charge is 2.02. The number of oxazole rings is 1. The van der Waals surface area contributed by atoms with Gasteiger partial charge in [0.1, 0.15) is 17.7 Å². The van der Waals surface area contributed by atoms with E-state index >= 15 is 0 Å². The molecule has 1 aromatic carbocycles. The van der Waals surface area contributed by atoms with Crippen molar-refractivity contribution in [3.63, 3.8) is 0 Å². The molecule has 19 heavy (non-hydrogen) atoms. The van der Waals surface area contributed by atoms with Crippen molar-refractivity contribution in [2.24, 2.45) is 0 Å². The Kier molecular flexibility index (Phi) is 2.97. The highest BCUT2D eigenvalue weighted by Crippen LogP contribution is 2.21. The van der Waals surface area contributed by atoms with Gasteiger partial charge in [-0.05, 0) is 22.9 Å². The second-order valence-electron chi connectivity index (χ2n) is 4.08. The molecule has 1 aromatic heterocycles. The summed E-state index contributed by atoms with van der Waals surface area (Å²) in [6.45, 7) is 0. The Morgan fingerprint density at radius 1 is 1.05 bits per heavy atom. The van der Waals surface area contributed by atoms with Gasteiger partial charge in [-0.3, -0.25) is 0 Å². The molecule has 2 aromatic rings. The summed E-state index contributed by atoms with van der Waals surface area (Å²) in [6.07, 6.45) is 1.54. The second-order valence-corrected chi connectivity index (χ2v) is 4.41. The monoisotopic (exact) mass is 271 g/mol. The third kappa shape index (κ3) is 2.33. The highest BCUT2D eigenvalue weighted by molar-refractivity contribution is 6.27. The SMILES string of the molecule is Clc1nc(-c2ccccc2)co1.Oc1cc2ccc1=2. The summed E-state index contributed by atoms with van der Waals surface area (Å²) in [5.41, 5.74) is 1.77. The number of aromatic hydroxyl groups is 1. The van der Waals surface area contributed by atoms with Crippen molar-refractivity contribution in [2.45, 2.75) is 0 Å². The van der Waals surface area contributed by atoms with Crippen LogP contribution in [0.5, 0.6) is 5.75 Å². The minimum atomic E-state index is 0.175. The van der Waals surface area contributed by atoms with Crippen LogP contribution in [0.2, 0.25) is 5.35 Å². The van der Waals surface area contributed by atoms with Crippen molar-refractivity contribution in [3.8, 4) is 17.0 Å². The van der Waals surface area contributed by atoms with Gasteiger partial charge in [-0.15, -0.1) is 0 Å². The van der Waals surface area contributed by atoms with E-state index in [1.807, 2.05) is 42.5 Å². The first kappa shape index (κ1) is 11.8. The molecule has 0 bridgehead atoms. The molecule has 2 aliphatic rings. The van der Waals surface area contributed by atoms with Crippen LogP contribution in [0.3, 0.4) is 0 Å². The van der Waals surface area contributed by atoms with Crippen LogP contribution in [0, 0.1) is 10.4 Å². The van der Waals surface area contributed by atoms with Crippen LogP contribution in [-0.2, 0) is 0 Å². The Morgan fingerprint density at radius 3 is 2.21 bits per heavy atom. The van der Waals surface area contributed by atoms with E-state index in [-0.39, 0.29) is 5.35 Å². The van der Waals surface area contributed by atoms with Gasteiger partial charge in [0.05, 0.1) is 0 Å². The van der Waals surface area contributed by atoms with Crippen molar-refractivity contribution in [1.29, 1.82) is 0 Å².